The highest BCUT2D eigenvalue weighted by Gasteiger charge is 2.19. The van der Waals surface area contributed by atoms with Crippen molar-refractivity contribution in [1.29, 1.82) is 0 Å². The van der Waals surface area contributed by atoms with Crippen LogP contribution < -0.4 is 4.90 Å². The summed E-state index contributed by atoms with van der Waals surface area (Å²) < 4.78 is 2.40. The largest absolute Gasteiger partial charge is 0.310 e. The zero-order valence-electron chi connectivity index (χ0n) is 31.8. The molecule has 0 saturated heterocycles. The van der Waals surface area contributed by atoms with Gasteiger partial charge in [-0.05, 0) is 110 Å². The molecule has 1 aromatic heterocycles. The van der Waals surface area contributed by atoms with E-state index >= 15 is 0 Å². The van der Waals surface area contributed by atoms with E-state index in [9.17, 15) is 0 Å². The summed E-state index contributed by atoms with van der Waals surface area (Å²) in [5.74, 6) is 0. The molecule has 0 amide bonds. The van der Waals surface area contributed by atoms with Gasteiger partial charge in [0.2, 0.25) is 0 Å². The molecule has 0 spiro atoms. The van der Waals surface area contributed by atoms with E-state index in [0.29, 0.717) is 0 Å². The third-order valence-corrected chi connectivity index (χ3v) is 11.6. The normalized spacial score (nSPS) is 11.4. The van der Waals surface area contributed by atoms with Crippen LogP contribution >= 0.6 is 0 Å². The van der Waals surface area contributed by atoms with E-state index in [1.165, 1.54) is 76.7 Å². The average Bonchev–Trinajstić information content (AvgIpc) is 3.65. The van der Waals surface area contributed by atoms with Crippen molar-refractivity contribution in [2.45, 2.75) is 0 Å². The molecule has 1 heterocycles. The molecule has 0 unspecified atom stereocenters. The summed E-state index contributed by atoms with van der Waals surface area (Å²) in [5, 5.41) is 7.59. The Balaban J connectivity index is 0.981. The number of fused-ring (bicyclic) bond motifs is 6. The number of benzene rings is 10. The van der Waals surface area contributed by atoms with Crippen LogP contribution in [0.15, 0.2) is 231 Å². The molecular formula is C56H38N2. The minimum atomic E-state index is 1.10. The lowest BCUT2D eigenvalue weighted by atomic mass is 9.98. The highest BCUT2D eigenvalue weighted by atomic mass is 15.1. The van der Waals surface area contributed by atoms with Crippen molar-refractivity contribution in [3.8, 4) is 39.1 Å². The third kappa shape index (κ3) is 5.82. The maximum Gasteiger partial charge on any atom is 0.0547 e. The summed E-state index contributed by atoms with van der Waals surface area (Å²) in [4.78, 5) is 2.39. The second-order valence-electron chi connectivity index (χ2n) is 15.0. The second-order valence-corrected chi connectivity index (χ2v) is 15.0. The molecule has 0 aliphatic rings. The highest BCUT2D eigenvalue weighted by molar-refractivity contribution is 6.21. The Kier molecular flexibility index (Phi) is 8.19. The zero-order chi connectivity index (χ0) is 38.4. The molecule has 0 aliphatic carbocycles. The predicted octanol–water partition coefficient (Wildman–Crippen LogP) is 15.6. The molecule has 11 rings (SSSR count). The number of anilines is 3. The second kappa shape index (κ2) is 14.1. The van der Waals surface area contributed by atoms with Crippen LogP contribution in [0.3, 0.4) is 0 Å². The summed E-state index contributed by atoms with van der Waals surface area (Å²) in [7, 11) is 0. The summed E-state index contributed by atoms with van der Waals surface area (Å²) in [6.07, 6.45) is 0. The van der Waals surface area contributed by atoms with Crippen molar-refractivity contribution in [1.82, 2.24) is 4.57 Å². The third-order valence-electron chi connectivity index (χ3n) is 11.6. The van der Waals surface area contributed by atoms with Gasteiger partial charge in [0.25, 0.3) is 0 Å². The molecule has 0 radical (unpaired) electrons. The van der Waals surface area contributed by atoms with Gasteiger partial charge in [-0.15, -0.1) is 0 Å². The lowest BCUT2D eigenvalue weighted by Crippen LogP contribution is -2.11. The van der Waals surface area contributed by atoms with Gasteiger partial charge in [0.1, 0.15) is 0 Å². The van der Waals surface area contributed by atoms with E-state index in [4.69, 9.17) is 0 Å². The molecule has 0 aliphatic heterocycles. The summed E-state index contributed by atoms with van der Waals surface area (Å²) in [6, 6.07) is 83.6. The quantitative estimate of drug-likeness (QED) is 0.158. The molecule has 0 atom stereocenters. The first-order valence-electron chi connectivity index (χ1n) is 19.9. The van der Waals surface area contributed by atoms with Gasteiger partial charge in [-0.25, -0.2) is 0 Å². The van der Waals surface area contributed by atoms with Gasteiger partial charge in [0, 0.05) is 33.4 Å². The Labute approximate surface area is 338 Å². The number of nitrogens with zero attached hydrogens (tertiary/aromatic N) is 2. The fourth-order valence-electron chi connectivity index (χ4n) is 8.75. The van der Waals surface area contributed by atoms with Crippen LogP contribution in [0.2, 0.25) is 0 Å². The van der Waals surface area contributed by atoms with Gasteiger partial charge in [-0.3, -0.25) is 0 Å². The van der Waals surface area contributed by atoms with Gasteiger partial charge in [-0.1, -0.05) is 170 Å². The zero-order valence-corrected chi connectivity index (χ0v) is 31.8. The maximum atomic E-state index is 2.40. The lowest BCUT2D eigenvalue weighted by molar-refractivity contribution is 1.18. The van der Waals surface area contributed by atoms with Crippen molar-refractivity contribution in [2.24, 2.45) is 0 Å². The molecular weight excluding hydrogens is 701 g/mol. The van der Waals surface area contributed by atoms with Crippen molar-refractivity contribution in [3.05, 3.63) is 231 Å². The van der Waals surface area contributed by atoms with Crippen LogP contribution in [0, 0.1) is 0 Å². The minimum absolute atomic E-state index is 1.10. The van der Waals surface area contributed by atoms with Crippen molar-refractivity contribution < 1.29 is 0 Å². The molecule has 58 heavy (non-hydrogen) atoms. The molecule has 272 valence electrons. The number of rotatable bonds is 7. The van der Waals surface area contributed by atoms with Gasteiger partial charge in [0.15, 0.2) is 0 Å². The monoisotopic (exact) mass is 738 g/mol. The molecule has 0 bridgehead atoms. The van der Waals surface area contributed by atoms with Crippen LogP contribution in [-0.2, 0) is 0 Å². The molecule has 2 nitrogen and oxygen atoms in total. The van der Waals surface area contributed by atoms with E-state index in [1.807, 2.05) is 0 Å². The Morgan fingerprint density at radius 1 is 0.310 bits per heavy atom. The molecule has 2 heteroatoms. The summed E-state index contributed by atoms with van der Waals surface area (Å²) in [5.41, 5.74) is 14.0. The first-order valence-corrected chi connectivity index (χ1v) is 19.9. The standard InChI is InChI=1S/C56H38N2/c1-2-12-39(13-3-1)41-24-31-47(32-25-41)57(53-20-10-8-17-50(53)46-23-22-40-14-4-5-16-45(40)38-46)48-33-26-42(27-34-48)43-28-35-49(36-29-43)58-54-21-11-9-19-52(54)56-51-18-7-6-15-44(51)30-37-55(56)58/h1-38H. The van der Waals surface area contributed by atoms with E-state index in [1.54, 1.807) is 0 Å². The topological polar surface area (TPSA) is 8.17 Å². The number of hydrogen-bond acceptors (Lipinski definition) is 1. The summed E-state index contributed by atoms with van der Waals surface area (Å²) >= 11 is 0. The Bertz CT molecular complexity index is 3250. The molecule has 11 aromatic rings. The molecule has 0 fully saturated rings. The van der Waals surface area contributed by atoms with Crippen molar-refractivity contribution in [3.63, 3.8) is 0 Å². The maximum absolute atomic E-state index is 2.40. The van der Waals surface area contributed by atoms with Crippen molar-refractivity contribution in [2.75, 3.05) is 4.90 Å². The number of para-hydroxylation sites is 2. The number of hydrogen-bond donors (Lipinski definition) is 0. The van der Waals surface area contributed by atoms with Crippen LogP contribution in [0.5, 0.6) is 0 Å². The first kappa shape index (κ1) is 33.6. The molecule has 0 saturated carbocycles. The van der Waals surface area contributed by atoms with Crippen LogP contribution in [0.25, 0.3) is 82.4 Å². The fourth-order valence-corrected chi connectivity index (χ4v) is 8.75. The van der Waals surface area contributed by atoms with Gasteiger partial charge >= 0.3 is 0 Å². The lowest BCUT2D eigenvalue weighted by Gasteiger charge is -2.28. The Hall–Kier alpha value is -7.68. The SMILES string of the molecule is c1ccc(-c2ccc(N(c3ccc(-c4ccc(-n5c6ccccc6c6c7ccccc7ccc65)cc4)cc3)c3ccccc3-c3ccc4ccccc4c3)cc2)cc1. The smallest absolute Gasteiger partial charge is 0.0547 e. The van der Waals surface area contributed by atoms with E-state index < -0.39 is 0 Å². The van der Waals surface area contributed by atoms with E-state index in [0.717, 1.165) is 22.7 Å². The van der Waals surface area contributed by atoms with Gasteiger partial charge < -0.3 is 9.47 Å². The van der Waals surface area contributed by atoms with E-state index in [-0.39, 0.29) is 0 Å². The highest BCUT2D eigenvalue weighted by Crippen LogP contribution is 2.43. The first-order chi connectivity index (χ1) is 28.8. The van der Waals surface area contributed by atoms with Crippen LogP contribution in [0.1, 0.15) is 0 Å². The average molecular weight is 739 g/mol. The van der Waals surface area contributed by atoms with Crippen LogP contribution in [-0.4, -0.2) is 4.57 Å². The fraction of sp³-hybridized carbons (Fsp3) is 0. The Morgan fingerprint density at radius 3 is 1.55 bits per heavy atom. The van der Waals surface area contributed by atoms with Gasteiger partial charge in [0.05, 0.1) is 16.7 Å². The summed E-state index contributed by atoms with van der Waals surface area (Å²) in [6.45, 7) is 0. The van der Waals surface area contributed by atoms with Gasteiger partial charge in [-0.2, -0.15) is 0 Å². The number of aromatic nitrogens is 1. The minimum Gasteiger partial charge on any atom is -0.310 e. The molecule has 10 aromatic carbocycles. The van der Waals surface area contributed by atoms with Crippen LogP contribution in [0.4, 0.5) is 17.1 Å². The van der Waals surface area contributed by atoms with Crippen molar-refractivity contribution >= 4 is 60.4 Å². The van der Waals surface area contributed by atoms with E-state index in [2.05, 4.69) is 240 Å². The Morgan fingerprint density at radius 2 is 0.828 bits per heavy atom. The predicted molar refractivity (Wildman–Crippen MR) is 247 cm³/mol. The molecule has 0 N–H and O–H groups in total.